The molecule has 64 heavy (non-hydrogen) atoms. The van der Waals surface area contributed by atoms with Crippen LogP contribution in [0.25, 0.3) is 0 Å². The molecule has 0 rings (SSSR count). The first-order chi connectivity index (χ1) is 31.7. The van der Waals surface area contributed by atoms with Crippen molar-refractivity contribution in [2.45, 2.75) is 321 Å². The molecule has 0 radical (unpaired) electrons. The molecule has 4 nitrogen and oxygen atoms in total. The Bertz CT molecular complexity index is 1020. The zero-order valence-electron chi connectivity index (χ0n) is 43.3. The van der Waals surface area contributed by atoms with Crippen LogP contribution in [0.4, 0.5) is 0 Å². The maximum Gasteiger partial charge on any atom is 0.220 e. The van der Waals surface area contributed by atoms with Gasteiger partial charge in [0.05, 0.1) is 18.8 Å². The molecule has 0 aliphatic heterocycles. The number of hydrogen-bond acceptors (Lipinski definition) is 3. The Morgan fingerprint density at radius 3 is 0.906 bits per heavy atom. The molecule has 4 heteroatoms. The number of carbonyl (C=O) groups excluding carboxylic acids is 1. The van der Waals surface area contributed by atoms with Crippen LogP contribution >= 0.6 is 0 Å². The largest absolute Gasteiger partial charge is 0.394 e. The molecule has 1 amide bonds. The summed E-state index contributed by atoms with van der Waals surface area (Å²) >= 11 is 0. The second kappa shape index (κ2) is 55.7. The van der Waals surface area contributed by atoms with Gasteiger partial charge in [0.1, 0.15) is 0 Å². The number of rotatable bonds is 53. The highest BCUT2D eigenvalue weighted by Gasteiger charge is 2.18. The predicted octanol–water partition coefficient (Wildman–Crippen LogP) is 19.0. The molecule has 2 atom stereocenters. The van der Waals surface area contributed by atoms with Crippen molar-refractivity contribution in [3.8, 4) is 0 Å². The Kier molecular flexibility index (Phi) is 54.2. The molecule has 0 bridgehead atoms. The molecule has 0 spiro atoms. The molecule has 0 saturated heterocycles. The van der Waals surface area contributed by atoms with Gasteiger partial charge in [-0.1, -0.05) is 281 Å². The van der Waals surface area contributed by atoms with Crippen LogP contribution in [0.5, 0.6) is 0 Å². The van der Waals surface area contributed by atoms with Gasteiger partial charge in [-0.15, -0.1) is 0 Å². The lowest BCUT2D eigenvalue weighted by molar-refractivity contribution is -0.123. The second-order valence-electron chi connectivity index (χ2n) is 19.7. The van der Waals surface area contributed by atoms with Crippen molar-refractivity contribution in [2.24, 2.45) is 0 Å². The van der Waals surface area contributed by atoms with Gasteiger partial charge in [-0.2, -0.15) is 0 Å². The molecule has 0 aliphatic rings. The number of aliphatic hydroxyl groups excluding tert-OH is 2. The first-order valence-corrected chi connectivity index (χ1v) is 28.9. The summed E-state index contributed by atoms with van der Waals surface area (Å²) in [6.07, 6.45) is 77.3. The first kappa shape index (κ1) is 62.4. The van der Waals surface area contributed by atoms with Crippen LogP contribution in [-0.2, 0) is 4.79 Å². The smallest absolute Gasteiger partial charge is 0.220 e. The second-order valence-corrected chi connectivity index (χ2v) is 19.7. The van der Waals surface area contributed by atoms with Crippen LogP contribution in [0.15, 0.2) is 48.6 Å². The van der Waals surface area contributed by atoms with E-state index in [2.05, 4.69) is 55.6 Å². The summed E-state index contributed by atoms with van der Waals surface area (Å²) in [7, 11) is 0. The third-order valence-corrected chi connectivity index (χ3v) is 13.3. The SMILES string of the molecule is CCCCCCC/C=C/CC/C=C/CC/C=C/C(O)C(CO)NC(=O)CCCCCCCCCCCCCCCCCCCCCCCCCCC/C=C\CCCCCCCCCC. The molecular weight excluding hydrogens is 783 g/mol. The fourth-order valence-corrected chi connectivity index (χ4v) is 8.86. The number of carbonyl (C=O) groups is 1. The van der Waals surface area contributed by atoms with E-state index in [9.17, 15) is 15.0 Å². The van der Waals surface area contributed by atoms with E-state index in [1.165, 1.54) is 250 Å². The lowest BCUT2D eigenvalue weighted by Crippen LogP contribution is -2.45. The summed E-state index contributed by atoms with van der Waals surface area (Å²) in [6.45, 7) is 4.29. The van der Waals surface area contributed by atoms with E-state index in [1.54, 1.807) is 6.08 Å². The highest BCUT2D eigenvalue weighted by atomic mass is 16.3. The average Bonchev–Trinajstić information content (AvgIpc) is 3.30. The zero-order chi connectivity index (χ0) is 46.3. The lowest BCUT2D eigenvalue weighted by Gasteiger charge is -2.19. The Morgan fingerprint density at radius 2 is 0.609 bits per heavy atom. The molecule has 0 aliphatic carbocycles. The average molecular weight is 897 g/mol. The fourth-order valence-electron chi connectivity index (χ4n) is 8.86. The van der Waals surface area contributed by atoms with Crippen LogP contribution in [0, 0.1) is 0 Å². The molecule has 0 aromatic heterocycles. The summed E-state index contributed by atoms with van der Waals surface area (Å²) in [5.41, 5.74) is 0. The molecule has 0 saturated carbocycles. The van der Waals surface area contributed by atoms with Crippen LogP contribution in [0.1, 0.15) is 309 Å². The van der Waals surface area contributed by atoms with Gasteiger partial charge in [0.2, 0.25) is 5.91 Å². The van der Waals surface area contributed by atoms with E-state index >= 15 is 0 Å². The van der Waals surface area contributed by atoms with E-state index < -0.39 is 12.1 Å². The van der Waals surface area contributed by atoms with Crippen LogP contribution in [0.3, 0.4) is 0 Å². The molecular formula is C60H113NO3. The van der Waals surface area contributed by atoms with E-state index in [1.807, 2.05) is 6.08 Å². The zero-order valence-corrected chi connectivity index (χ0v) is 43.3. The maximum atomic E-state index is 12.4. The van der Waals surface area contributed by atoms with E-state index in [-0.39, 0.29) is 12.5 Å². The van der Waals surface area contributed by atoms with Gasteiger partial charge in [0.15, 0.2) is 0 Å². The van der Waals surface area contributed by atoms with E-state index in [4.69, 9.17) is 0 Å². The van der Waals surface area contributed by atoms with Gasteiger partial charge in [0, 0.05) is 6.42 Å². The van der Waals surface area contributed by atoms with Crippen LogP contribution in [0.2, 0.25) is 0 Å². The minimum atomic E-state index is -0.869. The van der Waals surface area contributed by atoms with Crippen molar-refractivity contribution >= 4 is 5.91 Å². The summed E-state index contributed by atoms with van der Waals surface area (Å²) in [6, 6.07) is -0.644. The molecule has 2 unspecified atom stereocenters. The predicted molar refractivity (Wildman–Crippen MR) is 285 cm³/mol. The van der Waals surface area contributed by atoms with Crippen molar-refractivity contribution in [1.82, 2.24) is 5.32 Å². The first-order valence-electron chi connectivity index (χ1n) is 28.9. The molecule has 3 N–H and O–H groups in total. The fraction of sp³-hybridized carbons (Fsp3) is 0.850. The van der Waals surface area contributed by atoms with Gasteiger partial charge in [0.25, 0.3) is 0 Å². The highest BCUT2D eigenvalue weighted by Crippen LogP contribution is 2.17. The van der Waals surface area contributed by atoms with Crippen LogP contribution in [-0.4, -0.2) is 34.9 Å². The van der Waals surface area contributed by atoms with Crippen molar-refractivity contribution in [2.75, 3.05) is 6.61 Å². The monoisotopic (exact) mass is 896 g/mol. The lowest BCUT2D eigenvalue weighted by atomic mass is 10.0. The Hall–Kier alpha value is -1.65. The summed E-state index contributed by atoms with van der Waals surface area (Å²) in [5, 5.41) is 23.1. The topological polar surface area (TPSA) is 69.6 Å². The van der Waals surface area contributed by atoms with Gasteiger partial charge < -0.3 is 15.5 Å². The molecule has 376 valence electrons. The number of allylic oxidation sites excluding steroid dienone is 7. The number of aliphatic hydroxyl groups is 2. The standard InChI is InChI=1S/C60H113NO3/c1-3-5-7-9-11-13-15-17-19-20-21-22-23-24-25-26-27-28-29-30-31-32-33-34-35-36-37-38-39-40-42-44-46-48-50-52-54-56-60(64)61-58(57-62)59(63)55-53-51-49-47-45-43-41-18-16-14-12-10-8-6-4-2/h16,18,20-21,45,47,53,55,58-59,62-63H,3-15,17,19,22-44,46,48-52,54,56-57H2,1-2H3,(H,61,64)/b18-16+,21-20-,47-45+,55-53+. The summed E-state index contributed by atoms with van der Waals surface area (Å²) in [5.74, 6) is -0.0740. The molecule has 0 aromatic rings. The highest BCUT2D eigenvalue weighted by molar-refractivity contribution is 5.76. The number of amides is 1. The Morgan fingerprint density at radius 1 is 0.359 bits per heavy atom. The van der Waals surface area contributed by atoms with Gasteiger partial charge in [-0.05, 0) is 70.6 Å². The van der Waals surface area contributed by atoms with Crippen molar-refractivity contribution in [1.29, 1.82) is 0 Å². The molecule has 0 heterocycles. The summed E-state index contributed by atoms with van der Waals surface area (Å²) < 4.78 is 0. The third kappa shape index (κ3) is 51.3. The van der Waals surface area contributed by atoms with Crippen molar-refractivity contribution < 1.29 is 15.0 Å². The van der Waals surface area contributed by atoms with Gasteiger partial charge >= 0.3 is 0 Å². The maximum absolute atomic E-state index is 12.4. The molecule has 0 fully saturated rings. The van der Waals surface area contributed by atoms with Crippen molar-refractivity contribution in [3.05, 3.63) is 48.6 Å². The number of nitrogens with one attached hydrogen (secondary N) is 1. The normalized spacial score (nSPS) is 13.1. The summed E-state index contributed by atoms with van der Waals surface area (Å²) in [4.78, 5) is 12.4. The van der Waals surface area contributed by atoms with Crippen molar-refractivity contribution in [3.63, 3.8) is 0 Å². The number of hydrogen-bond donors (Lipinski definition) is 3. The minimum absolute atomic E-state index is 0.0740. The quantitative estimate of drug-likeness (QED) is 0.0421. The minimum Gasteiger partial charge on any atom is -0.394 e. The number of unbranched alkanes of at least 4 members (excludes halogenated alkanes) is 40. The van der Waals surface area contributed by atoms with E-state index in [0.29, 0.717) is 6.42 Å². The van der Waals surface area contributed by atoms with E-state index in [0.717, 1.165) is 38.5 Å². The Labute approximate surface area is 401 Å². The molecule has 0 aromatic carbocycles. The Balaban J connectivity index is 3.42. The van der Waals surface area contributed by atoms with Gasteiger partial charge in [-0.3, -0.25) is 4.79 Å². The van der Waals surface area contributed by atoms with Crippen LogP contribution < -0.4 is 5.32 Å². The van der Waals surface area contributed by atoms with Gasteiger partial charge in [-0.25, -0.2) is 0 Å². The third-order valence-electron chi connectivity index (χ3n) is 13.3.